The van der Waals surface area contributed by atoms with Crippen LogP contribution in [0.1, 0.15) is 13.8 Å². The summed E-state index contributed by atoms with van der Waals surface area (Å²) in [6.45, 7) is 4.33. The van der Waals surface area contributed by atoms with Gasteiger partial charge in [-0.1, -0.05) is 128 Å². The van der Waals surface area contributed by atoms with Crippen LogP contribution in [-0.4, -0.2) is 23.3 Å². The predicted molar refractivity (Wildman–Crippen MR) is 172 cm³/mol. The van der Waals surface area contributed by atoms with Crippen molar-refractivity contribution in [3.05, 3.63) is 88.5 Å². The van der Waals surface area contributed by atoms with E-state index in [9.17, 15) is 0 Å². The summed E-state index contributed by atoms with van der Waals surface area (Å²) in [7, 11) is 0. The minimum atomic E-state index is -1.39. The highest BCUT2D eigenvalue weighted by atomic mass is 35.5. The van der Waals surface area contributed by atoms with Crippen molar-refractivity contribution in [1.82, 2.24) is 0 Å². The maximum atomic E-state index is 6.68. The summed E-state index contributed by atoms with van der Waals surface area (Å²) >= 11 is 55.7. The minimum Gasteiger partial charge on any atom is -0.350 e. The van der Waals surface area contributed by atoms with Crippen LogP contribution >= 0.6 is 128 Å². The van der Waals surface area contributed by atoms with Gasteiger partial charge in [0.1, 0.15) is 0 Å². The Morgan fingerprint density at radius 3 is 1.08 bits per heavy atom. The van der Waals surface area contributed by atoms with E-state index in [0.29, 0.717) is 23.0 Å². The number of alkyl halides is 2. The van der Waals surface area contributed by atoms with Gasteiger partial charge in [0.15, 0.2) is 0 Å². The lowest BCUT2D eigenvalue weighted by atomic mass is 10.3. The van der Waals surface area contributed by atoms with E-state index in [1.54, 1.807) is 11.8 Å². The van der Waals surface area contributed by atoms with Crippen molar-refractivity contribution in [2.75, 3.05) is 13.2 Å². The van der Waals surface area contributed by atoms with Gasteiger partial charge in [-0.3, -0.25) is 0 Å². The van der Waals surface area contributed by atoms with E-state index in [1.807, 2.05) is 62.4 Å². The third kappa shape index (κ3) is 6.62. The Morgan fingerprint density at radius 1 is 0.513 bits per heavy atom. The van der Waals surface area contributed by atoms with Crippen molar-refractivity contribution >= 4 is 128 Å². The van der Waals surface area contributed by atoms with Crippen molar-refractivity contribution in [1.29, 1.82) is 0 Å². The molecule has 0 fully saturated rings. The van der Waals surface area contributed by atoms with Gasteiger partial charge in [0.25, 0.3) is 0 Å². The number of benzene rings is 2. The van der Waals surface area contributed by atoms with Crippen LogP contribution in [0.25, 0.3) is 0 Å². The van der Waals surface area contributed by atoms with Gasteiger partial charge in [0.2, 0.25) is 10.1 Å². The Labute approximate surface area is 280 Å². The Hall–Kier alpha value is 0.690. The van der Waals surface area contributed by atoms with Gasteiger partial charge in [-0.15, -0.1) is 0 Å². The molecule has 0 saturated carbocycles. The summed E-state index contributed by atoms with van der Waals surface area (Å²) in [5, 5.41) is -1.49. The lowest BCUT2D eigenvalue weighted by molar-refractivity contribution is 0.0934. The Kier molecular flexibility index (Phi) is 11.3. The second-order valence-electron chi connectivity index (χ2n) is 7.85. The first-order valence-electron chi connectivity index (χ1n) is 11.3. The minimum absolute atomic E-state index is 0.164. The fourth-order valence-electron chi connectivity index (χ4n) is 3.56. The van der Waals surface area contributed by atoms with Gasteiger partial charge >= 0.3 is 0 Å². The van der Waals surface area contributed by atoms with E-state index in [4.69, 9.17) is 102 Å². The Balaban J connectivity index is 1.43. The number of thioether (sulfide) groups is 2. The molecule has 0 radical (unpaired) electrons. The van der Waals surface area contributed by atoms with Crippen LogP contribution in [0.3, 0.4) is 0 Å². The molecular weight excluding hydrogens is 724 g/mol. The second-order valence-corrected chi connectivity index (χ2v) is 14.5. The van der Waals surface area contributed by atoms with Crippen LogP contribution in [0.4, 0.5) is 0 Å². The molecule has 13 heteroatoms. The molecule has 208 valence electrons. The largest absolute Gasteiger partial charge is 0.350 e. The fraction of sp³-hybridized carbons (Fsp3) is 0.231. The summed E-state index contributed by atoms with van der Waals surface area (Å²) in [5.74, 6) is 0. The molecule has 2 unspecified atom stereocenters. The van der Waals surface area contributed by atoms with Gasteiger partial charge in [-0.2, -0.15) is 0 Å². The molecule has 0 amide bonds. The van der Waals surface area contributed by atoms with Crippen molar-refractivity contribution in [3.8, 4) is 0 Å². The molecule has 2 aromatic rings. The summed E-state index contributed by atoms with van der Waals surface area (Å²) in [5.41, 5.74) is 0. The van der Waals surface area contributed by atoms with E-state index in [1.165, 1.54) is 23.5 Å². The summed E-state index contributed by atoms with van der Waals surface area (Å²) in [4.78, 5) is 4.98. The molecule has 0 heterocycles. The predicted octanol–water partition coefficient (Wildman–Crippen LogP) is 12.3. The molecule has 2 aromatic carbocycles. The third-order valence-electron chi connectivity index (χ3n) is 5.33. The zero-order valence-electron chi connectivity index (χ0n) is 20.1. The molecule has 0 bridgehead atoms. The molecule has 0 spiro atoms. The Bertz CT molecular complexity index is 1280. The number of ether oxygens (including phenoxy) is 2. The molecular formula is C26H18Cl8O2S3. The van der Waals surface area contributed by atoms with E-state index in [0.717, 1.165) is 19.6 Å². The van der Waals surface area contributed by atoms with Crippen molar-refractivity contribution < 1.29 is 9.47 Å². The van der Waals surface area contributed by atoms with E-state index in [-0.39, 0.29) is 30.2 Å². The average Bonchev–Trinajstić information content (AvgIpc) is 3.17. The number of allylic oxidation sites excluding steroid dienone is 4. The smallest absolute Gasteiger partial charge is 0.212 e. The van der Waals surface area contributed by atoms with Crippen molar-refractivity contribution in [2.45, 2.75) is 43.5 Å². The zero-order valence-corrected chi connectivity index (χ0v) is 28.6. The summed E-state index contributed by atoms with van der Waals surface area (Å²) in [6, 6.07) is 15.9. The van der Waals surface area contributed by atoms with Crippen LogP contribution < -0.4 is 0 Å². The molecule has 0 aliphatic heterocycles. The molecule has 4 rings (SSSR count). The van der Waals surface area contributed by atoms with Crippen LogP contribution in [0.2, 0.25) is 0 Å². The highest BCUT2D eigenvalue weighted by Crippen LogP contribution is 2.57. The normalized spacial score (nSPS) is 23.6. The monoisotopic (exact) mass is 738 g/mol. The SMILES string of the molecule is CCOC1(Cl)C(Cl)=C(Cl)C(Cl)=C1Sc1ccc(Sc2ccc(SC3=C(Cl)C(Cl)=C(Cl)C3(Cl)OCC)cc2)cc1. The molecule has 2 aliphatic carbocycles. The van der Waals surface area contributed by atoms with Crippen LogP contribution in [0.15, 0.2) is 108 Å². The van der Waals surface area contributed by atoms with Crippen molar-refractivity contribution in [3.63, 3.8) is 0 Å². The van der Waals surface area contributed by atoms with Gasteiger partial charge in [0.05, 0.1) is 40.0 Å². The first-order valence-corrected chi connectivity index (χ1v) is 16.8. The van der Waals surface area contributed by atoms with E-state index >= 15 is 0 Å². The maximum Gasteiger partial charge on any atom is 0.212 e. The van der Waals surface area contributed by atoms with Crippen LogP contribution in [0, 0.1) is 0 Å². The van der Waals surface area contributed by atoms with Crippen molar-refractivity contribution in [2.24, 2.45) is 0 Å². The van der Waals surface area contributed by atoms with Gasteiger partial charge in [-0.25, -0.2) is 0 Å². The first-order chi connectivity index (χ1) is 18.5. The van der Waals surface area contributed by atoms with Crippen LogP contribution in [-0.2, 0) is 9.47 Å². The van der Waals surface area contributed by atoms with E-state index in [2.05, 4.69) is 0 Å². The molecule has 39 heavy (non-hydrogen) atoms. The second kappa shape index (κ2) is 13.5. The standard InChI is InChI=1S/C26H18Cl8O2S3/c1-3-35-25(33)21(31)17(27)19(29)23(25)38-15-9-5-13(6-10-15)37-14-7-11-16(12-8-14)39-24-20(30)18(28)22(32)26(24,34)36-4-2/h5-12H,3-4H2,1-2H3. The highest BCUT2D eigenvalue weighted by molar-refractivity contribution is 8.03. The molecule has 0 aromatic heterocycles. The average molecular weight is 742 g/mol. The molecule has 0 N–H and O–H groups in total. The topological polar surface area (TPSA) is 18.5 Å². The third-order valence-corrected chi connectivity index (χ3v) is 13.2. The highest BCUT2D eigenvalue weighted by Gasteiger charge is 2.47. The summed E-state index contributed by atoms with van der Waals surface area (Å²) in [6.07, 6.45) is 0. The molecule has 2 atom stereocenters. The van der Waals surface area contributed by atoms with Gasteiger partial charge in [0, 0.05) is 32.8 Å². The van der Waals surface area contributed by atoms with Gasteiger partial charge < -0.3 is 9.47 Å². The lowest BCUT2D eigenvalue weighted by Gasteiger charge is -2.25. The number of rotatable bonds is 10. The number of halogens is 8. The number of hydrogen-bond acceptors (Lipinski definition) is 5. The maximum absolute atomic E-state index is 6.68. The quantitative estimate of drug-likeness (QED) is 0.225. The molecule has 2 aliphatic rings. The van der Waals surface area contributed by atoms with Crippen LogP contribution in [0.5, 0.6) is 0 Å². The number of hydrogen-bond donors (Lipinski definition) is 0. The lowest BCUT2D eigenvalue weighted by Crippen LogP contribution is -2.25. The molecule has 0 saturated heterocycles. The van der Waals surface area contributed by atoms with Gasteiger partial charge in [-0.05, 0) is 62.4 Å². The first kappa shape index (κ1) is 32.6. The van der Waals surface area contributed by atoms with E-state index < -0.39 is 10.1 Å². The fourth-order valence-corrected chi connectivity index (χ4v) is 9.33. The molecule has 2 nitrogen and oxygen atoms in total. The zero-order chi connectivity index (χ0) is 28.5. The Morgan fingerprint density at radius 2 is 0.795 bits per heavy atom. The summed E-state index contributed by atoms with van der Waals surface area (Å²) < 4.78 is 11.4.